The Bertz CT molecular complexity index is 483. The van der Waals surface area contributed by atoms with Gasteiger partial charge >= 0.3 is 0 Å². The number of furan rings is 1. The summed E-state index contributed by atoms with van der Waals surface area (Å²) in [6, 6.07) is 3.58. The third-order valence-electron chi connectivity index (χ3n) is 2.78. The molecule has 2 heterocycles. The second-order valence-corrected chi connectivity index (χ2v) is 4.41. The molecule has 1 atom stereocenters. The Balaban J connectivity index is 2.28. The van der Waals surface area contributed by atoms with E-state index in [9.17, 15) is 5.11 Å². The normalized spacial score (nSPS) is 12.7. The first-order valence-corrected chi connectivity index (χ1v) is 5.94. The number of aliphatic hydroxyl groups excluding tert-OH is 1. The molecule has 5 nitrogen and oxygen atoms in total. The van der Waals surface area contributed by atoms with Crippen molar-refractivity contribution in [1.82, 2.24) is 9.97 Å². The number of nitrogens with one attached hydrogen (secondary N) is 1. The molecule has 0 spiro atoms. The van der Waals surface area contributed by atoms with Crippen LogP contribution in [0.3, 0.4) is 0 Å². The molecule has 0 fully saturated rings. The fourth-order valence-electron chi connectivity index (χ4n) is 1.64. The van der Waals surface area contributed by atoms with Gasteiger partial charge in [-0.3, -0.25) is 0 Å². The number of aliphatic hydroxyl groups is 1. The zero-order valence-corrected chi connectivity index (χ0v) is 10.5. The Morgan fingerprint density at radius 1 is 1.33 bits per heavy atom. The summed E-state index contributed by atoms with van der Waals surface area (Å²) in [7, 11) is 0. The van der Waals surface area contributed by atoms with Crippen LogP contribution in [-0.2, 0) is 0 Å². The molecular weight excluding hydrogens is 230 g/mol. The van der Waals surface area contributed by atoms with Gasteiger partial charge in [-0.05, 0) is 18.1 Å². The van der Waals surface area contributed by atoms with Crippen molar-refractivity contribution in [3.05, 3.63) is 30.8 Å². The lowest BCUT2D eigenvalue weighted by Crippen LogP contribution is -2.30. The minimum absolute atomic E-state index is 0.0475. The molecule has 2 aromatic heterocycles. The molecule has 2 N–H and O–H groups in total. The molecule has 0 amide bonds. The van der Waals surface area contributed by atoms with Crippen LogP contribution in [0.15, 0.2) is 35.2 Å². The molecule has 0 radical (unpaired) electrons. The standard InChI is InChI=1S/C13H17N3O2/c1-9(2)10(8-17)16-13-12(14-5-6-15-13)11-4-3-7-18-11/h3-7,9-10,17H,8H2,1-2H3,(H,15,16)/t10-/m0/s1. The van der Waals surface area contributed by atoms with Crippen molar-refractivity contribution < 1.29 is 9.52 Å². The fourth-order valence-corrected chi connectivity index (χ4v) is 1.64. The molecule has 0 aromatic carbocycles. The van der Waals surface area contributed by atoms with Crippen LogP contribution in [0.5, 0.6) is 0 Å². The highest BCUT2D eigenvalue weighted by Crippen LogP contribution is 2.24. The number of nitrogens with zero attached hydrogens (tertiary/aromatic N) is 2. The number of hydrogen-bond donors (Lipinski definition) is 2. The van der Waals surface area contributed by atoms with E-state index in [0.29, 0.717) is 23.2 Å². The Morgan fingerprint density at radius 3 is 2.72 bits per heavy atom. The van der Waals surface area contributed by atoms with E-state index in [0.717, 1.165) is 0 Å². The highest BCUT2D eigenvalue weighted by Gasteiger charge is 2.16. The molecule has 0 saturated carbocycles. The largest absolute Gasteiger partial charge is 0.463 e. The number of aromatic nitrogens is 2. The molecule has 0 bridgehead atoms. The van der Waals surface area contributed by atoms with Gasteiger partial charge in [-0.2, -0.15) is 0 Å². The molecule has 0 unspecified atom stereocenters. The van der Waals surface area contributed by atoms with Crippen molar-refractivity contribution in [2.45, 2.75) is 19.9 Å². The lowest BCUT2D eigenvalue weighted by molar-refractivity contribution is 0.249. The van der Waals surface area contributed by atoms with E-state index in [2.05, 4.69) is 15.3 Å². The van der Waals surface area contributed by atoms with Crippen LogP contribution < -0.4 is 5.32 Å². The van der Waals surface area contributed by atoms with E-state index in [1.807, 2.05) is 19.9 Å². The highest BCUT2D eigenvalue weighted by molar-refractivity contribution is 5.66. The van der Waals surface area contributed by atoms with Crippen LogP contribution >= 0.6 is 0 Å². The molecule has 5 heteroatoms. The Morgan fingerprint density at radius 2 is 2.11 bits per heavy atom. The van der Waals surface area contributed by atoms with Gasteiger partial charge in [0, 0.05) is 12.4 Å². The SMILES string of the molecule is CC(C)[C@H](CO)Nc1nccnc1-c1ccco1. The Kier molecular flexibility index (Phi) is 3.94. The van der Waals surface area contributed by atoms with Crippen LogP contribution in [-0.4, -0.2) is 27.7 Å². The minimum Gasteiger partial charge on any atom is -0.463 e. The smallest absolute Gasteiger partial charge is 0.156 e. The maximum Gasteiger partial charge on any atom is 0.156 e. The first-order valence-electron chi connectivity index (χ1n) is 5.94. The molecule has 96 valence electrons. The summed E-state index contributed by atoms with van der Waals surface area (Å²) in [4.78, 5) is 8.53. The summed E-state index contributed by atoms with van der Waals surface area (Å²) in [5.74, 6) is 1.58. The first-order chi connectivity index (χ1) is 8.72. The van der Waals surface area contributed by atoms with E-state index < -0.39 is 0 Å². The van der Waals surface area contributed by atoms with Crippen molar-refractivity contribution in [3.63, 3.8) is 0 Å². The topological polar surface area (TPSA) is 71.2 Å². The van der Waals surface area contributed by atoms with E-state index in [-0.39, 0.29) is 12.6 Å². The molecule has 0 aliphatic rings. The van der Waals surface area contributed by atoms with Gasteiger partial charge in [0.1, 0.15) is 5.69 Å². The third kappa shape index (κ3) is 2.68. The average Bonchev–Trinajstić information content (AvgIpc) is 2.89. The van der Waals surface area contributed by atoms with Gasteiger partial charge in [0.2, 0.25) is 0 Å². The lowest BCUT2D eigenvalue weighted by Gasteiger charge is -2.21. The zero-order chi connectivity index (χ0) is 13.0. The molecule has 0 saturated heterocycles. The Hall–Kier alpha value is -1.88. The van der Waals surface area contributed by atoms with Gasteiger partial charge in [0.15, 0.2) is 11.6 Å². The van der Waals surface area contributed by atoms with E-state index in [4.69, 9.17) is 4.42 Å². The number of rotatable bonds is 5. The van der Waals surface area contributed by atoms with Gasteiger partial charge in [-0.1, -0.05) is 13.8 Å². The van der Waals surface area contributed by atoms with Crippen LogP contribution in [0.1, 0.15) is 13.8 Å². The summed E-state index contributed by atoms with van der Waals surface area (Å²) in [5.41, 5.74) is 0.654. The predicted molar refractivity (Wildman–Crippen MR) is 69.1 cm³/mol. The zero-order valence-electron chi connectivity index (χ0n) is 10.5. The number of hydrogen-bond acceptors (Lipinski definition) is 5. The van der Waals surface area contributed by atoms with Gasteiger partial charge in [0.05, 0.1) is 18.9 Å². The average molecular weight is 247 g/mol. The van der Waals surface area contributed by atoms with Crippen LogP contribution in [0.2, 0.25) is 0 Å². The summed E-state index contributed by atoms with van der Waals surface area (Å²) in [6.07, 6.45) is 4.83. The molecule has 2 aromatic rings. The van der Waals surface area contributed by atoms with Crippen molar-refractivity contribution in [3.8, 4) is 11.5 Å². The van der Waals surface area contributed by atoms with E-state index in [1.165, 1.54) is 0 Å². The van der Waals surface area contributed by atoms with Crippen molar-refractivity contribution in [1.29, 1.82) is 0 Å². The maximum absolute atomic E-state index is 9.35. The molecule has 2 rings (SSSR count). The summed E-state index contributed by atoms with van der Waals surface area (Å²) in [6.45, 7) is 4.12. The molecule has 0 aliphatic carbocycles. The minimum atomic E-state index is -0.0598. The second-order valence-electron chi connectivity index (χ2n) is 4.41. The number of anilines is 1. The second kappa shape index (κ2) is 5.64. The summed E-state index contributed by atoms with van der Waals surface area (Å²) in [5, 5.41) is 12.5. The lowest BCUT2D eigenvalue weighted by atomic mass is 10.1. The molecule has 0 aliphatic heterocycles. The van der Waals surface area contributed by atoms with Gasteiger partial charge < -0.3 is 14.8 Å². The van der Waals surface area contributed by atoms with E-state index >= 15 is 0 Å². The van der Waals surface area contributed by atoms with E-state index in [1.54, 1.807) is 24.7 Å². The Labute approximate surface area is 106 Å². The third-order valence-corrected chi connectivity index (χ3v) is 2.78. The van der Waals surface area contributed by atoms with Crippen LogP contribution in [0.4, 0.5) is 5.82 Å². The van der Waals surface area contributed by atoms with Gasteiger partial charge in [-0.25, -0.2) is 9.97 Å². The predicted octanol–water partition coefficient (Wildman–Crippen LogP) is 2.17. The maximum atomic E-state index is 9.35. The van der Waals surface area contributed by atoms with Gasteiger partial charge in [0.25, 0.3) is 0 Å². The van der Waals surface area contributed by atoms with Crippen molar-refractivity contribution in [2.24, 2.45) is 5.92 Å². The van der Waals surface area contributed by atoms with Crippen molar-refractivity contribution in [2.75, 3.05) is 11.9 Å². The van der Waals surface area contributed by atoms with Crippen molar-refractivity contribution >= 4 is 5.82 Å². The van der Waals surface area contributed by atoms with Gasteiger partial charge in [-0.15, -0.1) is 0 Å². The summed E-state index contributed by atoms with van der Waals surface area (Å²) < 4.78 is 5.33. The quantitative estimate of drug-likeness (QED) is 0.847. The summed E-state index contributed by atoms with van der Waals surface area (Å²) >= 11 is 0. The fraction of sp³-hybridized carbons (Fsp3) is 0.385. The first kappa shape index (κ1) is 12.6. The molecular formula is C13H17N3O2. The van der Waals surface area contributed by atoms with Crippen LogP contribution in [0.25, 0.3) is 11.5 Å². The monoisotopic (exact) mass is 247 g/mol. The highest BCUT2D eigenvalue weighted by atomic mass is 16.3. The van der Waals surface area contributed by atoms with Crippen LogP contribution in [0, 0.1) is 5.92 Å². The molecule has 18 heavy (non-hydrogen) atoms.